The van der Waals surface area contributed by atoms with Crippen LogP contribution in [0, 0.1) is 3.57 Å². The second-order valence-electron chi connectivity index (χ2n) is 7.37. The van der Waals surface area contributed by atoms with Crippen LogP contribution in [-0.4, -0.2) is 46.1 Å². The highest BCUT2D eigenvalue weighted by Gasteiger charge is 2.33. The van der Waals surface area contributed by atoms with Crippen molar-refractivity contribution in [2.75, 3.05) is 19.6 Å². The van der Waals surface area contributed by atoms with Gasteiger partial charge in [-0.05, 0) is 65.1 Å². The van der Waals surface area contributed by atoms with Gasteiger partial charge in [-0.25, -0.2) is 0 Å². The lowest BCUT2D eigenvalue weighted by Gasteiger charge is -2.37. The van der Waals surface area contributed by atoms with Gasteiger partial charge in [0.2, 0.25) is 5.91 Å². The summed E-state index contributed by atoms with van der Waals surface area (Å²) < 4.78 is 1.10. The molecule has 0 fully saturated rings. The molecule has 1 amide bonds. The first-order chi connectivity index (χ1) is 13.5. The third-order valence-corrected chi connectivity index (χ3v) is 6.34. The van der Waals surface area contributed by atoms with Gasteiger partial charge in [-0.2, -0.15) is 0 Å². The second-order valence-corrected chi connectivity index (χ2v) is 8.62. The number of benzene rings is 1. The molecule has 0 saturated heterocycles. The molecule has 2 heterocycles. The van der Waals surface area contributed by atoms with Crippen LogP contribution in [0.2, 0.25) is 0 Å². The first-order valence-electron chi connectivity index (χ1n) is 9.89. The smallest absolute Gasteiger partial charge is 0.237 e. The average molecular weight is 493 g/mol. The van der Waals surface area contributed by atoms with Crippen molar-refractivity contribution in [3.63, 3.8) is 0 Å². The highest BCUT2D eigenvalue weighted by Crippen LogP contribution is 2.34. The Kier molecular flexibility index (Phi) is 7.06. The Morgan fingerprint density at radius 2 is 2.07 bits per heavy atom. The van der Waals surface area contributed by atoms with E-state index < -0.39 is 5.60 Å². The van der Waals surface area contributed by atoms with E-state index in [-0.39, 0.29) is 18.5 Å². The molecule has 5 nitrogen and oxygen atoms in total. The molecular formula is C22H28IN3O2. The maximum atomic E-state index is 13.1. The SMILES string of the molecule is CCC(O)(CC)CNCC(=O)N1CCc2ccccc2C1c1cc(I)ccn1. The van der Waals surface area contributed by atoms with E-state index in [1.54, 1.807) is 6.20 Å². The van der Waals surface area contributed by atoms with Crippen LogP contribution in [0.15, 0.2) is 42.6 Å². The lowest BCUT2D eigenvalue weighted by molar-refractivity contribution is -0.132. The van der Waals surface area contributed by atoms with Gasteiger partial charge in [-0.15, -0.1) is 0 Å². The van der Waals surface area contributed by atoms with Gasteiger partial charge in [-0.1, -0.05) is 38.1 Å². The summed E-state index contributed by atoms with van der Waals surface area (Å²) in [7, 11) is 0. The molecule has 0 aliphatic carbocycles. The number of amides is 1. The van der Waals surface area contributed by atoms with E-state index >= 15 is 0 Å². The van der Waals surface area contributed by atoms with E-state index in [1.165, 1.54) is 5.56 Å². The van der Waals surface area contributed by atoms with E-state index in [9.17, 15) is 9.90 Å². The summed E-state index contributed by atoms with van der Waals surface area (Å²) in [5.74, 6) is 0.0368. The van der Waals surface area contributed by atoms with Crippen molar-refractivity contribution in [2.24, 2.45) is 0 Å². The van der Waals surface area contributed by atoms with Crippen LogP contribution in [-0.2, 0) is 11.2 Å². The zero-order valence-electron chi connectivity index (χ0n) is 16.5. The molecule has 0 bridgehead atoms. The first kappa shape index (κ1) is 21.2. The molecule has 1 atom stereocenters. The Labute approximate surface area is 180 Å². The van der Waals surface area contributed by atoms with E-state index in [1.807, 2.05) is 43.0 Å². The lowest BCUT2D eigenvalue weighted by Crippen LogP contribution is -2.47. The summed E-state index contributed by atoms with van der Waals surface area (Å²) in [4.78, 5) is 19.6. The quantitative estimate of drug-likeness (QED) is 0.582. The number of pyridine rings is 1. The number of aliphatic hydroxyl groups is 1. The summed E-state index contributed by atoms with van der Waals surface area (Å²) in [6, 6.07) is 12.1. The molecule has 2 aromatic rings. The predicted octanol–water partition coefficient (Wildman–Crippen LogP) is 3.30. The highest BCUT2D eigenvalue weighted by atomic mass is 127. The Balaban J connectivity index is 1.82. The number of carbonyl (C=O) groups is 1. The fraction of sp³-hybridized carbons (Fsp3) is 0.455. The molecule has 0 radical (unpaired) electrons. The molecule has 2 N–H and O–H groups in total. The van der Waals surface area contributed by atoms with Gasteiger partial charge >= 0.3 is 0 Å². The molecule has 1 aromatic heterocycles. The Morgan fingerprint density at radius 1 is 1.32 bits per heavy atom. The third kappa shape index (κ3) is 4.72. The van der Waals surface area contributed by atoms with Crippen LogP contribution >= 0.6 is 22.6 Å². The van der Waals surface area contributed by atoms with Crippen LogP contribution in [0.25, 0.3) is 0 Å². The van der Waals surface area contributed by atoms with Gasteiger partial charge in [0.1, 0.15) is 0 Å². The first-order valence-corrected chi connectivity index (χ1v) is 11.0. The molecule has 0 spiro atoms. The Hall–Kier alpha value is -1.51. The second kappa shape index (κ2) is 9.33. The van der Waals surface area contributed by atoms with Crippen LogP contribution in [0.4, 0.5) is 0 Å². The molecule has 1 aliphatic heterocycles. The minimum Gasteiger partial charge on any atom is -0.389 e. The molecule has 1 aromatic carbocycles. The molecule has 150 valence electrons. The molecule has 0 saturated carbocycles. The normalized spacial score (nSPS) is 16.7. The molecule has 1 unspecified atom stereocenters. The zero-order chi connectivity index (χ0) is 20.1. The molecule has 6 heteroatoms. The Bertz CT molecular complexity index is 823. The van der Waals surface area contributed by atoms with Crippen molar-refractivity contribution in [3.8, 4) is 0 Å². The third-order valence-electron chi connectivity index (χ3n) is 5.67. The average Bonchev–Trinajstić information content (AvgIpc) is 2.72. The highest BCUT2D eigenvalue weighted by molar-refractivity contribution is 14.1. The van der Waals surface area contributed by atoms with Gasteiger partial charge < -0.3 is 15.3 Å². The standard InChI is InChI=1S/C22H28IN3O2/c1-3-22(28,4-2)15-24-14-20(27)26-12-10-16-7-5-6-8-18(16)21(26)19-13-17(23)9-11-25-19/h5-9,11,13,21,24,28H,3-4,10,12,14-15H2,1-2H3. The summed E-state index contributed by atoms with van der Waals surface area (Å²) in [6.45, 7) is 5.23. The van der Waals surface area contributed by atoms with E-state index in [4.69, 9.17) is 0 Å². The van der Waals surface area contributed by atoms with Gasteiger partial charge in [-0.3, -0.25) is 9.78 Å². The number of nitrogens with one attached hydrogen (secondary N) is 1. The molecule has 3 rings (SSSR count). The summed E-state index contributed by atoms with van der Waals surface area (Å²) in [6.07, 6.45) is 3.97. The van der Waals surface area contributed by atoms with Gasteiger partial charge in [0.15, 0.2) is 0 Å². The summed E-state index contributed by atoms with van der Waals surface area (Å²) in [5.41, 5.74) is 2.56. The van der Waals surface area contributed by atoms with Crippen molar-refractivity contribution in [1.29, 1.82) is 0 Å². The number of rotatable bonds is 7. The van der Waals surface area contributed by atoms with Crippen LogP contribution in [0.3, 0.4) is 0 Å². The number of halogens is 1. The number of hydrogen-bond donors (Lipinski definition) is 2. The van der Waals surface area contributed by atoms with Crippen molar-refractivity contribution in [2.45, 2.75) is 44.8 Å². The number of nitrogens with zero attached hydrogens (tertiary/aromatic N) is 2. The topological polar surface area (TPSA) is 65.5 Å². The minimum absolute atomic E-state index is 0.0368. The number of fused-ring (bicyclic) bond motifs is 1. The fourth-order valence-corrected chi connectivity index (χ4v) is 4.21. The minimum atomic E-state index is -0.759. The van der Waals surface area contributed by atoms with Crippen LogP contribution in [0.5, 0.6) is 0 Å². The monoisotopic (exact) mass is 493 g/mol. The van der Waals surface area contributed by atoms with E-state index in [2.05, 4.69) is 45.0 Å². The van der Waals surface area contributed by atoms with E-state index in [0.29, 0.717) is 25.9 Å². The maximum absolute atomic E-state index is 13.1. The van der Waals surface area contributed by atoms with Gasteiger partial charge in [0.05, 0.1) is 23.9 Å². The van der Waals surface area contributed by atoms with E-state index in [0.717, 1.165) is 21.2 Å². The number of carbonyl (C=O) groups excluding carboxylic acids is 1. The van der Waals surface area contributed by atoms with Crippen molar-refractivity contribution >= 4 is 28.5 Å². The summed E-state index contributed by atoms with van der Waals surface area (Å²) in [5, 5.41) is 13.6. The molecule has 28 heavy (non-hydrogen) atoms. The van der Waals surface area contributed by atoms with Crippen molar-refractivity contribution in [3.05, 3.63) is 63.0 Å². The summed E-state index contributed by atoms with van der Waals surface area (Å²) >= 11 is 2.28. The largest absolute Gasteiger partial charge is 0.389 e. The number of aromatic nitrogens is 1. The van der Waals surface area contributed by atoms with Gasteiger partial charge in [0.25, 0.3) is 0 Å². The Morgan fingerprint density at radius 3 is 2.79 bits per heavy atom. The zero-order valence-corrected chi connectivity index (χ0v) is 18.6. The molecular weight excluding hydrogens is 465 g/mol. The molecule has 1 aliphatic rings. The maximum Gasteiger partial charge on any atom is 0.237 e. The van der Waals surface area contributed by atoms with Crippen molar-refractivity contribution in [1.82, 2.24) is 15.2 Å². The van der Waals surface area contributed by atoms with Crippen LogP contribution in [0.1, 0.15) is 49.6 Å². The van der Waals surface area contributed by atoms with Crippen LogP contribution < -0.4 is 5.32 Å². The van der Waals surface area contributed by atoms with Crippen molar-refractivity contribution < 1.29 is 9.90 Å². The predicted molar refractivity (Wildman–Crippen MR) is 119 cm³/mol. The number of hydrogen-bond acceptors (Lipinski definition) is 4. The van der Waals surface area contributed by atoms with Gasteiger partial charge in [0, 0.05) is 22.9 Å². The lowest BCUT2D eigenvalue weighted by atomic mass is 9.90. The fourth-order valence-electron chi connectivity index (χ4n) is 3.73.